The highest BCUT2D eigenvalue weighted by Crippen LogP contribution is 2.46. The Hall–Kier alpha value is -2.81. The first kappa shape index (κ1) is 42.2. The monoisotopic (exact) mass is 694 g/mol. The first-order valence-electron chi connectivity index (χ1n) is 16.6. The fourth-order valence-electron chi connectivity index (χ4n) is 5.07. The van der Waals surface area contributed by atoms with E-state index < -0.39 is 45.8 Å². The number of benzene rings is 1. The maximum Gasteiger partial charge on any atom is 0.339 e. The van der Waals surface area contributed by atoms with Gasteiger partial charge in [-0.05, 0) is 69.4 Å². The van der Waals surface area contributed by atoms with E-state index in [1.807, 2.05) is 0 Å². The van der Waals surface area contributed by atoms with Gasteiger partial charge < -0.3 is 28.5 Å². The Morgan fingerprint density at radius 3 is 2.00 bits per heavy atom. The maximum atomic E-state index is 12.7. The van der Waals surface area contributed by atoms with E-state index in [2.05, 4.69) is 67.4 Å². The molecule has 0 radical (unpaired) electrons. The van der Waals surface area contributed by atoms with Crippen LogP contribution in [0.15, 0.2) is 30.4 Å². The summed E-state index contributed by atoms with van der Waals surface area (Å²) in [6.07, 6.45) is 5.25. The van der Waals surface area contributed by atoms with Crippen LogP contribution >= 0.6 is 0 Å². The summed E-state index contributed by atoms with van der Waals surface area (Å²) in [4.78, 5) is 48.2. The second-order valence-corrected chi connectivity index (χ2v) is 23.9. The van der Waals surface area contributed by atoms with Crippen molar-refractivity contribution in [3.05, 3.63) is 47.0 Å². The standard InChI is InChI=1S/C35H58O10Si2/c1-12-14-24-46(8,9)35(7,13-2)45-47(10,11)34(5,6)18-15-19-41-20-21-44-33(40)28-17-16-27(25-29(28)30(36)37)32(39)43-23-22-42-31(38)26(3)4/h16-17,25H,3,12-15,18-24H2,1-2,4-11H3,(H,36,37). The number of unbranched alkanes of at least 4 members (excludes halogenated alkanes) is 1. The van der Waals surface area contributed by atoms with Crippen LogP contribution in [-0.2, 0) is 28.2 Å². The highest BCUT2D eigenvalue weighted by molar-refractivity contribution is 6.82. The number of carboxylic acid groups (broad SMARTS) is 1. The molecule has 47 heavy (non-hydrogen) atoms. The fourth-order valence-corrected chi connectivity index (χ4v) is 12.0. The lowest BCUT2D eigenvalue weighted by Gasteiger charge is -2.51. The molecule has 0 saturated carbocycles. The van der Waals surface area contributed by atoms with E-state index in [0.717, 1.165) is 25.3 Å². The molecular weight excluding hydrogens is 637 g/mol. The van der Waals surface area contributed by atoms with Crippen LogP contribution in [0, 0.1) is 0 Å². The van der Waals surface area contributed by atoms with Crippen LogP contribution in [-0.4, -0.2) is 83.6 Å². The number of hydrogen-bond acceptors (Lipinski definition) is 9. The lowest BCUT2D eigenvalue weighted by Crippen LogP contribution is -2.60. The summed E-state index contributed by atoms with van der Waals surface area (Å²) in [5.74, 6) is -3.68. The molecule has 0 aliphatic rings. The first-order chi connectivity index (χ1) is 21.7. The van der Waals surface area contributed by atoms with Crippen molar-refractivity contribution in [2.45, 2.75) is 116 Å². The molecule has 0 fully saturated rings. The zero-order valence-corrected chi connectivity index (χ0v) is 32.3. The largest absolute Gasteiger partial charge is 0.478 e. The number of rotatable bonds is 22. The predicted molar refractivity (Wildman–Crippen MR) is 188 cm³/mol. The van der Waals surface area contributed by atoms with E-state index in [1.165, 1.54) is 37.9 Å². The van der Waals surface area contributed by atoms with Gasteiger partial charge in [-0.2, -0.15) is 0 Å². The van der Waals surface area contributed by atoms with Gasteiger partial charge in [-0.25, -0.2) is 19.2 Å². The number of esters is 3. The van der Waals surface area contributed by atoms with E-state index in [-0.39, 0.29) is 53.4 Å². The van der Waals surface area contributed by atoms with Crippen LogP contribution in [0.25, 0.3) is 0 Å². The molecule has 266 valence electrons. The SMILES string of the molecule is C=C(C)C(=O)OCCOC(=O)c1ccc(C(=O)OCCOCCCC(C)(C)[Si](C)(C)OC(C)(CC)[Si](C)(C)CCCC)c(C(=O)O)c1. The molecule has 0 amide bonds. The lowest BCUT2D eigenvalue weighted by molar-refractivity contribution is -0.140. The fraction of sp³-hybridized carbons (Fsp3) is 0.657. The lowest BCUT2D eigenvalue weighted by atomic mass is 10.0. The molecule has 1 N–H and O–H groups in total. The average molecular weight is 695 g/mol. The Balaban J connectivity index is 2.62. The zero-order chi connectivity index (χ0) is 36.1. The second-order valence-electron chi connectivity index (χ2n) is 14.0. The van der Waals surface area contributed by atoms with Gasteiger partial charge in [-0.3, -0.25) is 0 Å². The summed E-state index contributed by atoms with van der Waals surface area (Å²) in [6, 6.07) is 4.80. The van der Waals surface area contributed by atoms with E-state index >= 15 is 0 Å². The topological polar surface area (TPSA) is 135 Å². The molecule has 12 heteroatoms. The van der Waals surface area contributed by atoms with Crippen molar-refractivity contribution in [3.63, 3.8) is 0 Å². The molecule has 0 saturated heterocycles. The van der Waals surface area contributed by atoms with Crippen molar-refractivity contribution >= 4 is 40.3 Å². The Bertz CT molecular complexity index is 1240. The zero-order valence-electron chi connectivity index (χ0n) is 30.3. The number of ether oxygens (including phenoxy) is 4. The smallest absolute Gasteiger partial charge is 0.339 e. The predicted octanol–water partition coefficient (Wildman–Crippen LogP) is 7.83. The number of carboxylic acids is 1. The van der Waals surface area contributed by atoms with Gasteiger partial charge in [0.25, 0.3) is 0 Å². The third-order valence-corrected chi connectivity index (χ3v) is 19.1. The quantitative estimate of drug-likeness (QED) is 0.0421. The molecule has 10 nitrogen and oxygen atoms in total. The summed E-state index contributed by atoms with van der Waals surface area (Å²) >= 11 is 0. The molecule has 0 aromatic heterocycles. The minimum atomic E-state index is -2.09. The molecule has 0 spiro atoms. The third-order valence-electron chi connectivity index (χ3n) is 9.53. The van der Waals surface area contributed by atoms with Crippen LogP contribution in [0.5, 0.6) is 0 Å². The van der Waals surface area contributed by atoms with Crippen LogP contribution in [0.4, 0.5) is 0 Å². The Kier molecular flexibility index (Phi) is 16.8. The molecular formula is C35H58O10Si2. The van der Waals surface area contributed by atoms with Crippen molar-refractivity contribution in [1.29, 1.82) is 0 Å². The average Bonchev–Trinajstić information content (AvgIpc) is 3.00. The van der Waals surface area contributed by atoms with Crippen LogP contribution < -0.4 is 0 Å². The summed E-state index contributed by atoms with van der Waals surface area (Å²) in [6.45, 7) is 26.2. The molecule has 0 heterocycles. The van der Waals surface area contributed by atoms with E-state index in [1.54, 1.807) is 0 Å². The van der Waals surface area contributed by atoms with Gasteiger partial charge in [0.1, 0.15) is 19.8 Å². The summed E-state index contributed by atoms with van der Waals surface area (Å²) in [5.41, 5.74) is -0.459. The number of carbonyl (C=O) groups excluding carboxylic acids is 3. The molecule has 0 bridgehead atoms. The van der Waals surface area contributed by atoms with E-state index in [9.17, 15) is 24.3 Å². The second kappa shape index (κ2) is 18.7. The van der Waals surface area contributed by atoms with Crippen LogP contribution in [0.3, 0.4) is 0 Å². The summed E-state index contributed by atoms with van der Waals surface area (Å²) in [5, 5.41) is 9.59. The minimum absolute atomic E-state index is 0.0256. The van der Waals surface area contributed by atoms with Gasteiger partial charge in [-0.1, -0.05) is 66.3 Å². The first-order valence-corrected chi connectivity index (χ1v) is 22.7. The van der Waals surface area contributed by atoms with Gasteiger partial charge in [0.15, 0.2) is 8.32 Å². The van der Waals surface area contributed by atoms with Gasteiger partial charge in [0.05, 0.1) is 31.4 Å². The molecule has 1 aromatic carbocycles. The highest BCUT2D eigenvalue weighted by Gasteiger charge is 2.50. The van der Waals surface area contributed by atoms with E-state index in [0.29, 0.717) is 6.61 Å². The van der Waals surface area contributed by atoms with Crippen LogP contribution in [0.1, 0.15) is 105 Å². The number of hydrogen-bond donors (Lipinski definition) is 1. The summed E-state index contributed by atoms with van der Waals surface area (Å²) in [7, 11) is -3.70. The van der Waals surface area contributed by atoms with Gasteiger partial charge >= 0.3 is 23.9 Å². The molecule has 0 aliphatic heterocycles. The Morgan fingerprint density at radius 2 is 1.43 bits per heavy atom. The molecule has 1 rings (SSSR count). The van der Waals surface area contributed by atoms with Crippen molar-refractivity contribution in [3.8, 4) is 0 Å². The normalized spacial score (nSPS) is 13.4. The minimum Gasteiger partial charge on any atom is -0.478 e. The Labute approximate surface area is 283 Å². The Morgan fingerprint density at radius 1 is 0.830 bits per heavy atom. The van der Waals surface area contributed by atoms with Crippen molar-refractivity contribution in [1.82, 2.24) is 0 Å². The maximum absolute atomic E-state index is 12.7. The highest BCUT2D eigenvalue weighted by atomic mass is 28.4. The summed E-state index contributed by atoms with van der Waals surface area (Å²) < 4.78 is 28.0. The van der Waals surface area contributed by atoms with Crippen molar-refractivity contribution < 1.29 is 47.7 Å². The number of carbonyl (C=O) groups is 4. The van der Waals surface area contributed by atoms with Gasteiger partial charge in [0.2, 0.25) is 0 Å². The third kappa shape index (κ3) is 12.6. The van der Waals surface area contributed by atoms with Crippen molar-refractivity contribution in [2.24, 2.45) is 0 Å². The van der Waals surface area contributed by atoms with Gasteiger partial charge in [0, 0.05) is 17.4 Å². The van der Waals surface area contributed by atoms with E-state index in [4.69, 9.17) is 23.4 Å². The molecule has 0 aliphatic carbocycles. The molecule has 1 atom stereocenters. The van der Waals surface area contributed by atoms with Crippen LogP contribution in [0.2, 0.25) is 37.3 Å². The number of aromatic carboxylic acids is 1. The molecule has 1 unspecified atom stereocenters. The van der Waals surface area contributed by atoms with Gasteiger partial charge in [-0.15, -0.1) is 0 Å². The molecule has 1 aromatic rings. The van der Waals surface area contributed by atoms with Crippen molar-refractivity contribution in [2.75, 3.05) is 33.0 Å².